The van der Waals surface area contributed by atoms with Gasteiger partial charge in [0.1, 0.15) is 0 Å². The number of allylic oxidation sites excluding steroid dienone is 6. The van der Waals surface area contributed by atoms with Crippen molar-refractivity contribution in [3.05, 3.63) is 69.8 Å². The fraction of sp³-hybridized carbons (Fsp3) is 0.300. The van der Waals surface area contributed by atoms with Crippen molar-refractivity contribution < 1.29 is 13.2 Å². The van der Waals surface area contributed by atoms with Gasteiger partial charge < -0.3 is 4.74 Å². The maximum absolute atomic E-state index is 11.5. The number of ether oxygens (including phenoxy) is 1. The zero-order valence-corrected chi connectivity index (χ0v) is 18.0. The Balaban J connectivity index is 1.74. The van der Waals surface area contributed by atoms with E-state index in [9.17, 15) is 8.42 Å². The summed E-state index contributed by atoms with van der Waals surface area (Å²) < 4.78 is 28.4. The fourth-order valence-electron chi connectivity index (χ4n) is 3.63. The van der Waals surface area contributed by atoms with Crippen LogP contribution in [-0.4, -0.2) is 20.6 Å². The molecule has 0 heterocycles. The molecule has 1 aromatic carbocycles. The Bertz CT molecular complexity index is 1070. The van der Waals surface area contributed by atoms with Gasteiger partial charge in [0.2, 0.25) is 10.0 Å². The number of halogens is 3. The number of nitrogens with two attached hydrogens (primary N) is 1. The van der Waals surface area contributed by atoms with E-state index in [-0.39, 0.29) is 16.2 Å². The monoisotopic (exact) mass is 457 g/mol. The van der Waals surface area contributed by atoms with Crippen LogP contribution >= 0.6 is 34.8 Å². The van der Waals surface area contributed by atoms with Gasteiger partial charge in [0.05, 0.1) is 9.93 Å². The van der Waals surface area contributed by atoms with Gasteiger partial charge in [-0.2, -0.15) is 0 Å². The van der Waals surface area contributed by atoms with Gasteiger partial charge in [-0.1, -0.05) is 65.2 Å². The van der Waals surface area contributed by atoms with Crippen LogP contribution in [0.4, 0.5) is 0 Å². The van der Waals surface area contributed by atoms with Gasteiger partial charge in [0, 0.05) is 23.5 Å². The molecule has 3 aliphatic carbocycles. The van der Waals surface area contributed by atoms with Crippen molar-refractivity contribution in [3.8, 4) is 0 Å². The third-order valence-corrected chi connectivity index (χ3v) is 7.64. The molecule has 4 nitrogen and oxygen atoms in total. The number of primary sulfonamides is 1. The third kappa shape index (κ3) is 3.49. The lowest BCUT2D eigenvalue weighted by molar-refractivity contribution is 0.138. The first-order valence-corrected chi connectivity index (χ1v) is 11.3. The fourth-order valence-corrected chi connectivity index (χ4v) is 4.98. The van der Waals surface area contributed by atoms with Gasteiger partial charge in [-0.15, -0.1) is 0 Å². The molecule has 0 aliphatic heterocycles. The third-order valence-electron chi connectivity index (χ3n) is 5.40. The highest BCUT2D eigenvalue weighted by Gasteiger charge is 2.45. The van der Waals surface area contributed by atoms with E-state index < -0.39 is 15.1 Å². The van der Waals surface area contributed by atoms with Crippen LogP contribution in [0.25, 0.3) is 5.57 Å². The van der Waals surface area contributed by atoms with Gasteiger partial charge in [-0.3, -0.25) is 0 Å². The largest absolute Gasteiger partial charge is 0.354 e. The quantitative estimate of drug-likeness (QED) is 0.653. The lowest BCUT2D eigenvalue weighted by Crippen LogP contribution is -2.26. The standard InChI is InChI=1S/C20H18Cl3NO3S/c1-27-20(23)11-17(21)14(8-18(20)22)16-10-19(6-7-19)9-15(16)12-2-4-13(5-3-12)28(24,25)26/h2-5,8-11,14H,6-7H2,1H3,(H2,24,25,26). The molecule has 1 saturated carbocycles. The van der Waals surface area contributed by atoms with Crippen molar-refractivity contribution in [2.45, 2.75) is 22.8 Å². The average molecular weight is 459 g/mol. The van der Waals surface area contributed by atoms with E-state index in [2.05, 4.69) is 12.2 Å². The molecule has 1 fully saturated rings. The summed E-state index contributed by atoms with van der Waals surface area (Å²) in [6.07, 6.45) is 10.0. The Morgan fingerprint density at radius 3 is 2.29 bits per heavy atom. The predicted octanol–water partition coefficient (Wildman–Crippen LogP) is 4.89. The topological polar surface area (TPSA) is 69.4 Å². The van der Waals surface area contributed by atoms with Crippen molar-refractivity contribution >= 4 is 50.4 Å². The number of sulfonamides is 1. The van der Waals surface area contributed by atoms with Crippen molar-refractivity contribution in [3.63, 3.8) is 0 Å². The zero-order valence-electron chi connectivity index (χ0n) is 15.0. The van der Waals surface area contributed by atoms with E-state index in [1.807, 2.05) is 0 Å². The summed E-state index contributed by atoms with van der Waals surface area (Å²) in [6.45, 7) is 0. The molecule has 1 spiro atoms. The summed E-state index contributed by atoms with van der Waals surface area (Å²) in [4.78, 5) is 0.0760. The predicted molar refractivity (Wildman–Crippen MR) is 112 cm³/mol. The molecule has 2 N–H and O–H groups in total. The maximum Gasteiger partial charge on any atom is 0.238 e. The molecular weight excluding hydrogens is 441 g/mol. The Labute approximate surface area is 179 Å². The highest BCUT2D eigenvalue weighted by Crippen LogP contribution is 2.58. The van der Waals surface area contributed by atoms with Crippen molar-refractivity contribution in [2.24, 2.45) is 16.5 Å². The Morgan fingerprint density at radius 1 is 1.11 bits per heavy atom. The molecule has 1 aromatic rings. The summed E-state index contributed by atoms with van der Waals surface area (Å²) in [7, 11) is -2.27. The molecule has 0 radical (unpaired) electrons. The second-order valence-corrected chi connectivity index (χ2v) is 10.3. The van der Waals surface area contributed by atoms with E-state index in [0.717, 1.165) is 29.6 Å². The lowest BCUT2D eigenvalue weighted by atomic mass is 9.87. The van der Waals surface area contributed by atoms with Gasteiger partial charge in [-0.25, -0.2) is 13.6 Å². The minimum absolute atomic E-state index is 0.0392. The van der Waals surface area contributed by atoms with E-state index in [1.165, 1.54) is 19.2 Å². The van der Waals surface area contributed by atoms with Crippen LogP contribution in [0, 0.1) is 11.3 Å². The summed E-state index contributed by atoms with van der Waals surface area (Å²) in [5.74, 6) is -0.250. The smallest absolute Gasteiger partial charge is 0.238 e. The Kier molecular flexibility index (Phi) is 4.85. The average Bonchev–Trinajstić information content (AvgIpc) is 3.29. The second-order valence-electron chi connectivity index (χ2n) is 7.33. The Hall–Kier alpha value is -1.08. The summed E-state index contributed by atoms with van der Waals surface area (Å²) >= 11 is 19.3. The van der Waals surface area contributed by atoms with Gasteiger partial charge in [0.15, 0.2) is 5.06 Å². The molecular formula is C20H18Cl3NO3S. The Morgan fingerprint density at radius 2 is 1.75 bits per heavy atom. The molecule has 148 valence electrons. The van der Waals surface area contributed by atoms with Crippen LogP contribution in [0.5, 0.6) is 0 Å². The normalized spacial score (nSPS) is 28.5. The molecule has 0 saturated heterocycles. The van der Waals surface area contributed by atoms with E-state index >= 15 is 0 Å². The highest BCUT2D eigenvalue weighted by atomic mass is 35.5. The molecule has 4 rings (SSSR count). The zero-order chi connectivity index (χ0) is 20.3. The maximum atomic E-state index is 11.5. The lowest BCUT2D eigenvalue weighted by Gasteiger charge is -2.30. The summed E-state index contributed by atoms with van der Waals surface area (Å²) in [6, 6.07) is 6.54. The van der Waals surface area contributed by atoms with Crippen LogP contribution in [0.3, 0.4) is 0 Å². The van der Waals surface area contributed by atoms with E-state index in [0.29, 0.717) is 10.1 Å². The number of hydrogen-bond donors (Lipinski definition) is 1. The SMILES string of the molecule is COC1(Cl)C=C(Cl)C(C2=CC3(C=C2c2ccc(S(N)(=O)=O)cc2)CC3)C=C1Cl. The van der Waals surface area contributed by atoms with Crippen molar-refractivity contribution in [2.75, 3.05) is 7.11 Å². The number of methoxy groups -OCH3 is 1. The van der Waals surface area contributed by atoms with Gasteiger partial charge in [-0.05, 0) is 47.8 Å². The van der Waals surface area contributed by atoms with Gasteiger partial charge in [0.25, 0.3) is 0 Å². The number of hydrogen-bond acceptors (Lipinski definition) is 3. The molecule has 2 unspecified atom stereocenters. The van der Waals surface area contributed by atoms with E-state index in [1.54, 1.807) is 24.3 Å². The number of benzene rings is 1. The first-order chi connectivity index (χ1) is 13.1. The van der Waals surface area contributed by atoms with Crippen molar-refractivity contribution in [1.29, 1.82) is 0 Å². The molecule has 2 atom stereocenters. The second kappa shape index (κ2) is 6.73. The van der Waals surface area contributed by atoms with Crippen LogP contribution in [0.1, 0.15) is 18.4 Å². The van der Waals surface area contributed by atoms with Crippen LogP contribution in [0.2, 0.25) is 0 Å². The minimum atomic E-state index is -3.74. The van der Waals surface area contributed by atoms with E-state index in [4.69, 9.17) is 44.7 Å². The molecule has 0 amide bonds. The molecule has 28 heavy (non-hydrogen) atoms. The summed E-state index contributed by atoms with van der Waals surface area (Å²) in [5.41, 5.74) is 2.97. The first kappa shape index (κ1) is 20.2. The van der Waals surface area contributed by atoms with Crippen LogP contribution in [0.15, 0.2) is 69.1 Å². The van der Waals surface area contributed by atoms with Gasteiger partial charge >= 0.3 is 0 Å². The molecule has 0 bridgehead atoms. The highest BCUT2D eigenvalue weighted by molar-refractivity contribution is 7.89. The summed E-state index contributed by atoms with van der Waals surface area (Å²) in [5, 5.41) is 4.83. The molecule has 0 aromatic heterocycles. The number of rotatable bonds is 4. The van der Waals surface area contributed by atoms with Crippen LogP contribution < -0.4 is 5.14 Å². The number of alkyl halides is 1. The first-order valence-electron chi connectivity index (χ1n) is 8.66. The minimum Gasteiger partial charge on any atom is -0.354 e. The van der Waals surface area contributed by atoms with Crippen LogP contribution in [-0.2, 0) is 14.8 Å². The van der Waals surface area contributed by atoms with Crippen molar-refractivity contribution in [1.82, 2.24) is 0 Å². The molecule has 8 heteroatoms. The molecule has 3 aliphatic rings.